The molecule has 0 bridgehead atoms. The van der Waals surface area contributed by atoms with Crippen molar-refractivity contribution in [3.63, 3.8) is 0 Å². The van der Waals surface area contributed by atoms with E-state index >= 15 is 0 Å². The summed E-state index contributed by atoms with van der Waals surface area (Å²) in [7, 11) is 0. The predicted octanol–water partition coefficient (Wildman–Crippen LogP) is 4.87. The highest BCUT2D eigenvalue weighted by Gasteiger charge is 2.22. The molecule has 0 saturated carbocycles. The van der Waals surface area contributed by atoms with Gasteiger partial charge in [0.15, 0.2) is 0 Å². The van der Waals surface area contributed by atoms with Crippen LogP contribution in [0.3, 0.4) is 0 Å². The lowest BCUT2D eigenvalue weighted by Gasteiger charge is -2.32. The Hall–Kier alpha value is -2.59. The highest BCUT2D eigenvalue weighted by molar-refractivity contribution is 5.94. The van der Waals surface area contributed by atoms with E-state index in [9.17, 15) is 4.79 Å². The van der Waals surface area contributed by atoms with Crippen LogP contribution >= 0.6 is 0 Å². The number of carbonyl (C=O) groups excluding carboxylic acids is 1. The van der Waals surface area contributed by atoms with Gasteiger partial charge < -0.3 is 9.64 Å². The van der Waals surface area contributed by atoms with E-state index in [1.807, 2.05) is 29.2 Å². The number of hydrogen-bond acceptors (Lipinski definition) is 3. The van der Waals surface area contributed by atoms with Gasteiger partial charge in [-0.15, -0.1) is 0 Å². The molecule has 0 atom stereocenters. The maximum Gasteiger partial charge on any atom is 0.253 e. The summed E-state index contributed by atoms with van der Waals surface area (Å²) in [5.74, 6) is 0.951. The molecule has 2 heterocycles. The van der Waals surface area contributed by atoms with Crippen molar-refractivity contribution in [2.24, 2.45) is 0 Å². The standard InChI is InChI=1S/C26H32N2O2/c1-21(18-22-8-3-2-4-9-22)20-27-16-12-24(13-17-27)30-25-11-7-10-23(19-25)26(29)28-14-5-6-15-28/h2-4,7-11,18-19,24H,5-6,12-17,20H2,1H3. The molecule has 0 N–H and O–H groups in total. The van der Waals surface area contributed by atoms with Gasteiger partial charge in [-0.05, 0) is 56.4 Å². The molecule has 0 aromatic heterocycles. The fourth-order valence-corrected chi connectivity index (χ4v) is 4.42. The van der Waals surface area contributed by atoms with E-state index in [2.05, 4.69) is 48.2 Å². The minimum Gasteiger partial charge on any atom is -0.490 e. The Labute approximate surface area is 180 Å². The minimum absolute atomic E-state index is 0.133. The van der Waals surface area contributed by atoms with Gasteiger partial charge in [0.2, 0.25) is 0 Å². The first kappa shape index (κ1) is 20.7. The van der Waals surface area contributed by atoms with Crippen molar-refractivity contribution in [1.29, 1.82) is 0 Å². The molecule has 0 unspecified atom stereocenters. The van der Waals surface area contributed by atoms with Crippen molar-refractivity contribution in [2.75, 3.05) is 32.7 Å². The van der Waals surface area contributed by atoms with Crippen LogP contribution < -0.4 is 4.74 Å². The van der Waals surface area contributed by atoms with Crippen LogP contribution in [-0.4, -0.2) is 54.5 Å². The second kappa shape index (κ2) is 9.94. The summed E-state index contributed by atoms with van der Waals surface area (Å²) in [5, 5.41) is 0. The topological polar surface area (TPSA) is 32.8 Å². The Balaban J connectivity index is 1.27. The fraction of sp³-hybridized carbons (Fsp3) is 0.423. The lowest BCUT2D eigenvalue weighted by molar-refractivity contribution is 0.0790. The van der Waals surface area contributed by atoms with Crippen LogP contribution in [0.15, 0.2) is 60.2 Å². The number of likely N-dealkylation sites (tertiary alicyclic amines) is 2. The van der Waals surface area contributed by atoms with E-state index < -0.39 is 0 Å². The van der Waals surface area contributed by atoms with Gasteiger partial charge in [-0.25, -0.2) is 0 Å². The van der Waals surface area contributed by atoms with Crippen molar-refractivity contribution < 1.29 is 9.53 Å². The minimum atomic E-state index is 0.133. The normalized spacial score (nSPS) is 18.6. The third kappa shape index (κ3) is 5.51. The fourth-order valence-electron chi connectivity index (χ4n) is 4.42. The largest absolute Gasteiger partial charge is 0.490 e. The summed E-state index contributed by atoms with van der Waals surface area (Å²) in [6.45, 7) is 7.04. The van der Waals surface area contributed by atoms with Gasteiger partial charge in [-0.3, -0.25) is 9.69 Å². The van der Waals surface area contributed by atoms with E-state index in [0.29, 0.717) is 0 Å². The molecule has 2 fully saturated rings. The quantitative estimate of drug-likeness (QED) is 0.689. The number of piperidine rings is 1. The molecule has 1 amide bonds. The zero-order chi connectivity index (χ0) is 20.8. The third-order valence-electron chi connectivity index (χ3n) is 6.00. The van der Waals surface area contributed by atoms with E-state index in [1.165, 1.54) is 11.1 Å². The monoisotopic (exact) mass is 404 g/mol. The first-order valence-corrected chi connectivity index (χ1v) is 11.2. The zero-order valence-electron chi connectivity index (χ0n) is 17.9. The number of hydrogen-bond donors (Lipinski definition) is 0. The van der Waals surface area contributed by atoms with Crippen LogP contribution in [-0.2, 0) is 0 Å². The molecule has 0 radical (unpaired) electrons. The van der Waals surface area contributed by atoms with Crippen molar-refractivity contribution in [2.45, 2.75) is 38.7 Å². The SMILES string of the molecule is CC(=Cc1ccccc1)CN1CCC(Oc2cccc(C(=O)N3CCCC3)c2)CC1. The highest BCUT2D eigenvalue weighted by Crippen LogP contribution is 2.22. The van der Waals surface area contributed by atoms with Gasteiger partial charge in [0, 0.05) is 38.3 Å². The van der Waals surface area contributed by atoms with Crippen molar-refractivity contribution in [3.05, 3.63) is 71.3 Å². The maximum absolute atomic E-state index is 12.6. The first-order valence-electron chi connectivity index (χ1n) is 11.2. The molecule has 2 saturated heterocycles. The number of ether oxygens (including phenoxy) is 1. The van der Waals surface area contributed by atoms with E-state index in [-0.39, 0.29) is 12.0 Å². The van der Waals surface area contributed by atoms with Crippen molar-refractivity contribution in [1.82, 2.24) is 9.80 Å². The number of nitrogens with zero attached hydrogens (tertiary/aromatic N) is 2. The third-order valence-corrected chi connectivity index (χ3v) is 6.00. The van der Waals surface area contributed by atoms with Crippen LogP contribution in [0.4, 0.5) is 0 Å². The molecule has 4 nitrogen and oxygen atoms in total. The molecule has 2 aliphatic rings. The summed E-state index contributed by atoms with van der Waals surface area (Å²) < 4.78 is 6.25. The number of carbonyl (C=O) groups is 1. The number of rotatable bonds is 6. The van der Waals surface area contributed by atoms with Crippen LogP contribution in [0.25, 0.3) is 6.08 Å². The highest BCUT2D eigenvalue weighted by atomic mass is 16.5. The van der Waals surface area contributed by atoms with Gasteiger partial charge in [0.1, 0.15) is 11.9 Å². The van der Waals surface area contributed by atoms with Crippen molar-refractivity contribution >= 4 is 12.0 Å². The van der Waals surface area contributed by atoms with Gasteiger partial charge in [0.25, 0.3) is 5.91 Å². The summed E-state index contributed by atoms with van der Waals surface area (Å²) >= 11 is 0. The Kier molecular flexibility index (Phi) is 6.85. The molecule has 2 aromatic carbocycles. The van der Waals surface area contributed by atoms with Crippen molar-refractivity contribution in [3.8, 4) is 5.75 Å². The van der Waals surface area contributed by atoms with Crippen LogP contribution in [0, 0.1) is 0 Å². The van der Waals surface area contributed by atoms with Gasteiger partial charge >= 0.3 is 0 Å². The summed E-state index contributed by atoms with van der Waals surface area (Å²) in [6.07, 6.45) is 6.75. The molecule has 30 heavy (non-hydrogen) atoms. The Bertz CT molecular complexity index is 864. The van der Waals surface area contributed by atoms with Gasteiger partial charge in [-0.2, -0.15) is 0 Å². The molecule has 4 rings (SSSR count). The summed E-state index contributed by atoms with van der Waals surface area (Å²) in [5.41, 5.74) is 3.39. The lowest BCUT2D eigenvalue weighted by Crippen LogP contribution is -2.39. The second-order valence-electron chi connectivity index (χ2n) is 8.52. The second-order valence-corrected chi connectivity index (χ2v) is 8.52. The van der Waals surface area contributed by atoms with Crippen LogP contribution in [0.5, 0.6) is 5.75 Å². The van der Waals surface area contributed by atoms with E-state index in [1.54, 1.807) is 0 Å². The molecule has 2 aliphatic heterocycles. The van der Waals surface area contributed by atoms with E-state index in [4.69, 9.17) is 4.74 Å². The molecule has 2 aromatic rings. The summed E-state index contributed by atoms with van der Waals surface area (Å²) in [4.78, 5) is 17.1. The predicted molar refractivity (Wildman–Crippen MR) is 122 cm³/mol. The Morgan fingerprint density at radius 1 is 1.00 bits per heavy atom. The summed E-state index contributed by atoms with van der Waals surface area (Å²) in [6, 6.07) is 18.2. The number of amides is 1. The molecule has 4 heteroatoms. The molecule has 0 aliphatic carbocycles. The average molecular weight is 405 g/mol. The molecular weight excluding hydrogens is 372 g/mol. The number of benzene rings is 2. The smallest absolute Gasteiger partial charge is 0.253 e. The molecule has 158 valence electrons. The maximum atomic E-state index is 12.6. The first-order chi connectivity index (χ1) is 14.7. The van der Waals surface area contributed by atoms with Crippen LogP contribution in [0.2, 0.25) is 0 Å². The lowest BCUT2D eigenvalue weighted by atomic mass is 10.1. The van der Waals surface area contributed by atoms with E-state index in [0.717, 1.165) is 69.7 Å². The Morgan fingerprint density at radius 3 is 2.47 bits per heavy atom. The van der Waals surface area contributed by atoms with Crippen LogP contribution in [0.1, 0.15) is 48.5 Å². The molecule has 0 spiro atoms. The van der Waals surface area contributed by atoms with Gasteiger partial charge in [-0.1, -0.05) is 48.0 Å². The average Bonchev–Trinajstić information content (AvgIpc) is 3.30. The molecular formula is C26H32N2O2. The Morgan fingerprint density at radius 2 is 1.73 bits per heavy atom. The van der Waals surface area contributed by atoms with Gasteiger partial charge in [0.05, 0.1) is 0 Å². The zero-order valence-corrected chi connectivity index (χ0v) is 17.9.